The lowest BCUT2D eigenvalue weighted by Gasteiger charge is -2.19. The molecule has 131 heavy (non-hydrogen) atoms. The molecule has 0 aliphatic rings. The lowest BCUT2D eigenvalue weighted by Crippen LogP contribution is -1.95. The maximum Gasteiger partial charge on any atom is 0.118 e. The lowest BCUT2D eigenvalue weighted by molar-refractivity contribution is 0.415. The molecular weight excluding hydrogens is 1580 g/mol. The first-order valence-electron chi connectivity index (χ1n) is 45.1. The first kappa shape index (κ1) is 77.4. The van der Waals surface area contributed by atoms with Crippen LogP contribution in [-0.2, 0) is 0 Å². The van der Waals surface area contributed by atoms with E-state index >= 15 is 0 Å². The van der Waals surface area contributed by atoms with Crippen molar-refractivity contribution < 1.29 is 4.74 Å². The Morgan fingerprint density at radius 3 is 0.565 bits per heavy atom. The minimum absolute atomic E-state index is 0.862. The normalized spacial score (nSPS) is 11.5. The number of hydrogen-bond donors (Lipinski definition) is 0. The zero-order valence-electron chi connectivity index (χ0n) is 72.1. The number of rotatable bonds is 12. The molecule has 614 valence electrons. The predicted molar refractivity (Wildman–Crippen MR) is 557 cm³/mol. The third kappa shape index (κ3) is 13.5. The van der Waals surface area contributed by atoms with E-state index in [-0.39, 0.29) is 0 Å². The Morgan fingerprint density at radius 2 is 0.305 bits per heavy atom. The summed E-state index contributed by atoms with van der Waals surface area (Å²) in [5, 5.41) is 22.7. The van der Waals surface area contributed by atoms with Crippen LogP contribution in [-0.4, -0.2) is 20.8 Å². The molecule has 0 aliphatic carbocycles. The average Bonchev–Trinajstić information content (AvgIpc) is 1.37. The molecule has 0 spiro atoms. The van der Waals surface area contributed by atoms with Gasteiger partial charge in [0.25, 0.3) is 0 Å². The van der Waals surface area contributed by atoms with Crippen LogP contribution in [0.2, 0.25) is 0 Å². The zero-order chi connectivity index (χ0) is 86.8. The van der Waals surface area contributed by atoms with Crippen LogP contribution >= 0.6 is 0 Å². The van der Waals surface area contributed by atoms with Gasteiger partial charge in [0.05, 0.1) is 40.2 Å². The summed E-state index contributed by atoms with van der Waals surface area (Å²) in [7, 11) is 1.71. The van der Waals surface area contributed by atoms with Gasteiger partial charge in [-0.25, -0.2) is 0 Å². The smallest absolute Gasteiger partial charge is 0.118 e. The van der Waals surface area contributed by atoms with Gasteiger partial charge in [0.2, 0.25) is 0 Å². The van der Waals surface area contributed by atoms with Gasteiger partial charge in [-0.15, -0.1) is 0 Å². The SMILES string of the molecule is COc1ccc(-c2c3ccccc3c(-c3cccc(-n4c5ccccc5c5ccccc54)c3)c3ccccc23)cc1.c1ccc(-c2ccc(-c3c4ccccc4c(-c4cccc(-n5c6ccccc6c6ccccc65)c4)c4ccccc34)cc2)cc1.c1ccc(-c2cccc(-c3c4ccccc4c(-c4cccc(-n5c6ccccc6c6ccccc65)c4)c4ccccc34)c2)cc1. The number of benzene rings is 23. The first-order valence-corrected chi connectivity index (χ1v) is 45.1. The van der Waals surface area contributed by atoms with Crippen molar-refractivity contribution in [3.63, 3.8) is 0 Å². The minimum atomic E-state index is 0.862. The van der Waals surface area contributed by atoms with E-state index in [4.69, 9.17) is 4.74 Å². The third-order valence-corrected chi connectivity index (χ3v) is 26.6. The quantitative estimate of drug-likeness (QED) is 0.112. The van der Waals surface area contributed by atoms with E-state index in [9.17, 15) is 0 Å². The van der Waals surface area contributed by atoms with Gasteiger partial charge in [-0.1, -0.05) is 406 Å². The molecule has 0 saturated heterocycles. The molecule has 4 nitrogen and oxygen atoms in total. The van der Waals surface area contributed by atoms with Gasteiger partial charge >= 0.3 is 0 Å². The molecule has 0 saturated carbocycles. The molecule has 23 aromatic carbocycles. The van der Waals surface area contributed by atoms with E-state index < -0.39 is 0 Å². The van der Waals surface area contributed by atoms with Crippen LogP contribution in [0.1, 0.15) is 0 Å². The lowest BCUT2D eigenvalue weighted by atomic mass is 9.85. The monoisotopic (exact) mass is 1670 g/mol. The number of methoxy groups -OCH3 is 1. The first-order chi connectivity index (χ1) is 65.0. The molecule has 0 atom stereocenters. The molecule has 4 heteroatoms. The van der Waals surface area contributed by atoms with Gasteiger partial charge in [-0.2, -0.15) is 0 Å². The number of hydrogen-bond acceptors (Lipinski definition) is 1. The maximum absolute atomic E-state index is 5.45. The summed E-state index contributed by atoms with van der Waals surface area (Å²) in [5.41, 5.74) is 30.6. The van der Waals surface area contributed by atoms with E-state index in [0.29, 0.717) is 0 Å². The van der Waals surface area contributed by atoms with Crippen LogP contribution in [0.15, 0.2) is 497 Å². The highest BCUT2D eigenvalue weighted by Gasteiger charge is 2.24. The summed E-state index contributed by atoms with van der Waals surface area (Å²) in [4.78, 5) is 0. The predicted octanol–water partition coefficient (Wildman–Crippen LogP) is 34.6. The summed E-state index contributed by atoms with van der Waals surface area (Å²) in [6.45, 7) is 0. The fourth-order valence-electron chi connectivity index (χ4n) is 21.0. The van der Waals surface area contributed by atoms with Gasteiger partial charge < -0.3 is 18.4 Å². The Balaban J connectivity index is 0.000000109. The van der Waals surface area contributed by atoms with Gasteiger partial charge in [-0.05, 0) is 245 Å². The number of para-hydroxylation sites is 6. The molecule has 3 heterocycles. The molecule has 0 amide bonds. The van der Waals surface area contributed by atoms with Crippen molar-refractivity contribution in [1.29, 1.82) is 0 Å². The summed E-state index contributed by atoms with van der Waals surface area (Å²) in [6, 6.07) is 180. The van der Waals surface area contributed by atoms with E-state index in [1.54, 1.807) is 7.11 Å². The molecule has 0 unspecified atom stereocenters. The number of aromatic nitrogens is 3. The van der Waals surface area contributed by atoms with Gasteiger partial charge in [0.15, 0.2) is 0 Å². The van der Waals surface area contributed by atoms with E-state index in [1.807, 2.05) is 12.1 Å². The summed E-state index contributed by atoms with van der Waals surface area (Å²) in [6.07, 6.45) is 0. The average molecular weight is 1670 g/mol. The maximum atomic E-state index is 5.45. The van der Waals surface area contributed by atoms with Crippen LogP contribution in [0.5, 0.6) is 5.75 Å². The minimum Gasteiger partial charge on any atom is -0.497 e. The second-order valence-corrected chi connectivity index (χ2v) is 33.9. The fourth-order valence-corrected chi connectivity index (χ4v) is 21.0. The van der Waals surface area contributed by atoms with E-state index in [0.717, 1.165) is 17.1 Å². The van der Waals surface area contributed by atoms with Crippen molar-refractivity contribution in [2.75, 3.05) is 7.11 Å². The van der Waals surface area contributed by atoms with E-state index in [1.165, 1.54) is 225 Å². The molecule has 0 fully saturated rings. The van der Waals surface area contributed by atoms with Crippen LogP contribution in [0.3, 0.4) is 0 Å². The number of nitrogens with zero attached hydrogens (tertiary/aromatic N) is 3. The van der Waals surface area contributed by atoms with E-state index in [2.05, 4.69) is 499 Å². The van der Waals surface area contributed by atoms with Crippen LogP contribution in [0.25, 0.3) is 236 Å². The highest BCUT2D eigenvalue weighted by atomic mass is 16.5. The second-order valence-electron chi connectivity index (χ2n) is 33.9. The largest absolute Gasteiger partial charge is 0.497 e. The Kier molecular flexibility index (Phi) is 19.5. The topological polar surface area (TPSA) is 24.0 Å². The van der Waals surface area contributed by atoms with Crippen LogP contribution in [0, 0.1) is 0 Å². The molecular formula is C127H85N3O. The van der Waals surface area contributed by atoms with Crippen LogP contribution < -0.4 is 4.74 Å². The Labute approximate surface area is 759 Å². The van der Waals surface area contributed by atoms with Crippen molar-refractivity contribution in [1.82, 2.24) is 13.7 Å². The van der Waals surface area contributed by atoms with Gasteiger partial charge in [-0.3, -0.25) is 0 Å². The Hall–Kier alpha value is -17.2. The van der Waals surface area contributed by atoms with Crippen molar-refractivity contribution in [3.05, 3.63) is 497 Å². The fraction of sp³-hybridized carbons (Fsp3) is 0.00787. The molecule has 3 aromatic heterocycles. The highest BCUT2D eigenvalue weighted by Crippen LogP contribution is 2.50. The molecule has 26 rings (SSSR count). The Morgan fingerprint density at radius 1 is 0.130 bits per heavy atom. The van der Waals surface area contributed by atoms with Crippen LogP contribution in [0.4, 0.5) is 0 Å². The molecule has 0 bridgehead atoms. The molecule has 0 N–H and O–H groups in total. The summed E-state index contributed by atoms with van der Waals surface area (Å²) < 4.78 is 12.7. The second kappa shape index (κ2) is 33.0. The highest BCUT2D eigenvalue weighted by molar-refractivity contribution is 6.25. The summed E-state index contributed by atoms with van der Waals surface area (Å²) >= 11 is 0. The molecule has 26 aromatic rings. The van der Waals surface area contributed by atoms with Crippen molar-refractivity contribution in [2.45, 2.75) is 0 Å². The van der Waals surface area contributed by atoms with Crippen molar-refractivity contribution >= 4 is 130 Å². The molecule has 0 radical (unpaired) electrons. The third-order valence-electron chi connectivity index (χ3n) is 26.6. The van der Waals surface area contributed by atoms with Crippen molar-refractivity contribution in [3.8, 4) is 112 Å². The zero-order valence-corrected chi connectivity index (χ0v) is 72.1. The Bertz CT molecular complexity index is 8610. The van der Waals surface area contributed by atoms with Crippen molar-refractivity contribution in [2.24, 2.45) is 0 Å². The standard InChI is InChI=1S/2C44H29N.C39H27NO/c1-2-14-30(15-3-1)31-16-12-17-32(28-31)43-37-22-4-6-24-39(37)44(40-25-7-5-23-38(40)43)33-18-13-19-34(29-33)45-41-26-10-8-20-35(41)36-21-9-11-27-42(36)45;1-2-13-30(14-3-1)31-25-27-32(28-26-31)43-37-19-4-6-21-39(37)44(40-22-7-5-20-38(40)43)33-15-12-16-34(29-33)45-41-23-10-8-17-35(41)36-18-9-11-24-42(36)45;1-41-29-23-21-26(22-24-29)38-32-15-2-4-17-34(32)39(35-18-5-3-16-33(35)38)27-11-10-12-28(25-27)40-36-19-8-6-13-30(36)31-14-7-9-20-37(31)40/h2*1-29H;2-25H,1H3. The molecule has 0 aliphatic heterocycles. The number of fused-ring (bicyclic) bond motifs is 15. The van der Waals surface area contributed by atoms with Gasteiger partial charge in [0, 0.05) is 49.4 Å². The summed E-state index contributed by atoms with van der Waals surface area (Å²) in [5.74, 6) is 0.862. The van der Waals surface area contributed by atoms with Gasteiger partial charge in [0.1, 0.15) is 5.75 Å². The number of ether oxygens (including phenoxy) is 1.